The largest absolute Gasteiger partial charge is 0.481 e. The van der Waals surface area contributed by atoms with Gasteiger partial charge in [0, 0.05) is 18.3 Å². The number of nitrogens with zero attached hydrogens (tertiary/aromatic N) is 1. The Morgan fingerprint density at radius 1 is 1.89 bits per heavy atom. The third kappa shape index (κ3) is 1.68. The topological polar surface area (TPSA) is 49.7 Å². The first-order valence-corrected chi connectivity index (χ1v) is 2.71. The second-order valence-electron chi connectivity index (χ2n) is 1.85. The van der Waals surface area contributed by atoms with Crippen molar-refractivity contribution in [2.45, 2.75) is 12.8 Å². The number of hydrogen-bond acceptors (Lipinski definition) is 2. The van der Waals surface area contributed by atoms with Gasteiger partial charge in [0.15, 0.2) is 0 Å². The van der Waals surface area contributed by atoms with Crippen molar-refractivity contribution in [2.75, 3.05) is 0 Å². The molecule has 1 heterocycles. The van der Waals surface area contributed by atoms with Gasteiger partial charge in [-0.05, 0) is 0 Å². The number of carboxylic acids is 1. The summed E-state index contributed by atoms with van der Waals surface area (Å²) in [5, 5.41) is 8.27. The summed E-state index contributed by atoms with van der Waals surface area (Å²) < 4.78 is 0. The monoisotopic (exact) mass is 125 g/mol. The van der Waals surface area contributed by atoms with E-state index in [2.05, 4.69) is 4.99 Å². The summed E-state index contributed by atoms with van der Waals surface area (Å²) in [7, 11) is 0. The van der Waals surface area contributed by atoms with Crippen LogP contribution in [0.25, 0.3) is 0 Å². The van der Waals surface area contributed by atoms with Gasteiger partial charge in [-0.1, -0.05) is 6.08 Å². The van der Waals surface area contributed by atoms with Crippen LogP contribution >= 0.6 is 0 Å². The van der Waals surface area contributed by atoms with Crippen molar-refractivity contribution >= 4 is 11.7 Å². The number of allylic oxidation sites excluding steroid dienone is 1. The number of hydrogen-bond donors (Lipinski definition) is 1. The van der Waals surface area contributed by atoms with Crippen molar-refractivity contribution in [3.05, 3.63) is 12.3 Å². The molecule has 0 saturated heterocycles. The van der Waals surface area contributed by atoms with E-state index in [4.69, 9.17) is 5.11 Å². The van der Waals surface area contributed by atoms with Gasteiger partial charge in [0.25, 0.3) is 0 Å². The van der Waals surface area contributed by atoms with Crippen LogP contribution < -0.4 is 0 Å². The molecule has 0 radical (unpaired) electrons. The lowest BCUT2D eigenvalue weighted by Crippen LogP contribution is -2.03. The first-order chi connectivity index (χ1) is 4.29. The molecule has 9 heavy (non-hydrogen) atoms. The molecule has 0 aromatic heterocycles. The highest BCUT2D eigenvalue weighted by molar-refractivity contribution is 6.00. The Bertz CT molecular complexity index is 181. The minimum Gasteiger partial charge on any atom is -0.481 e. The summed E-state index contributed by atoms with van der Waals surface area (Å²) in [4.78, 5) is 13.9. The van der Waals surface area contributed by atoms with Crippen molar-refractivity contribution in [3.63, 3.8) is 0 Å². The third-order valence-electron chi connectivity index (χ3n) is 1.07. The summed E-state index contributed by atoms with van der Waals surface area (Å²) in [5.74, 6) is -0.808. The fourth-order valence-corrected chi connectivity index (χ4v) is 0.692. The Morgan fingerprint density at radius 3 is 3.11 bits per heavy atom. The van der Waals surface area contributed by atoms with Crippen molar-refractivity contribution in [3.8, 4) is 0 Å². The Morgan fingerprint density at radius 2 is 2.67 bits per heavy atom. The minimum atomic E-state index is -0.808. The highest BCUT2D eigenvalue weighted by atomic mass is 16.4. The molecular formula is C6H7NO2. The predicted molar refractivity (Wildman–Crippen MR) is 33.4 cm³/mol. The van der Waals surface area contributed by atoms with E-state index in [9.17, 15) is 4.79 Å². The molecule has 1 aliphatic heterocycles. The van der Waals surface area contributed by atoms with Gasteiger partial charge in [-0.2, -0.15) is 0 Å². The molecule has 0 atom stereocenters. The molecule has 48 valence electrons. The molecule has 1 rings (SSSR count). The molecule has 0 spiro atoms. The highest BCUT2D eigenvalue weighted by Crippen LogP contribution is 2.02. The fourth-order valence-electron chi connectivity index (χ4n) is 0.692. The second-order valence-corrected chi connectivity index (χ2v) is 1.85. The maximum absolute atomic E-state index is 10.0. The maximum Gasteiger partial charge on any atom is 0.309 e. The number of carbonyl (C=O) groups is 1. The van der Waals surface area contributed by atoms with Crippen LogP contribution in [0, 0.1) is 0 Å². The van der Waals surface area contributed by atoms with Gasteiger partial charge in [0.2, 0.25) is 0 Å². The Balaban J connectivity index is 2.39. The smallest absolute Gasteiger partial charge is 0.309 e. The normalized spacial score (nSPS) is 15.8. The average molecular weight is 125 g/mol. The number of aliphatic carboxylic acids is 1. The van der Waals surface area contributed by atoms with Crippen molar-refractivity contribution < 1.29 is 9.90 Å². The fraction of sp³-hybridized carbons (Fsp3) is 0.333. The molecule has 0 aliphatic carbocycles. The van der Waals surface area contributed by atoms with Gasteiger partial charge >= 0.3 is 5.97 Å². The van der Waals surface area contributed by atoms with E-state index in [1.54, 1.807) is 6.20 Å². The van der Waals surface area contributed by atoms with Crippen molar-refractivity contribution in [2.24, 2.45) is 4.99 Å². The molecule has 0 saturated carbocycles. The first-order valence-electron chi connectivity index (χ1n) is 2.71. The van der Waals surface area contributed by atoms with Crippen LogP contribution in [0.3, 0.4) is 0 Å². The van der Waals surface area contributed by atoms with Crippen LogP contribution in [0.4, 0.5) is 0 Å². The molecule has 3 nitrogen and oxygen atoms in total. The molecule has 0 amide bonds. The Kier molecular flexibility index (Phi) is 1.63. The number of aliphatic imine (C=N–C) groups is 1. The molecular weight excluding hydrogens is 118 g/mol. The molecule has 1 aliphatic rings. The van der Waals surface area contributed by atoms with Gasteiger partial charge in [-0.25, -0.2) is 0 Å². The Hall–Kier alpha value is -1.12. The van der Waals surface area contributed by atoms with Crippen LogP contribution in [0.2, 0.25) is 0 Å². The summed E-state index contributed by atoms with van der Waals surface area (Å²) in [6.07, 6.45) is 4.26. The summed E-state index contributed by atoms with van der Waals surface area (Å²) in [5.41, 5.74) is 0.738. The van der Waals surface area contributed by atoms with Crippen LogP contribution in [-0.2, 0) is 4.79 Å². The van der Waals surface area contributed by atoms with Gasteiger partial charge in [-0.3, -0.25) is 9.79 Å². The predicted octanol–water partition coefficient (Wildman–Crippen LogP) is 0.820. The van der Waals surface area contributed by atoms with E-state index in [1.807, 2.05) is 6.08 Å². The lowest BCUT2D eigenvalue weighted by Gasteiger charge is -1.90. The number of rotatable bonds is 2. The van der Waals surface area contributed by atoms with Gasteiger partial charge < -0.3 is 5.11 Å². The van der Waals surface area contributed by atoms with Crippen LogP contribution in [0.5, 0.6) is 0 Å². The first kappa shape index (κ1) is 6.01. The standard InChI is InChI=1S/C6H7NO2/c8-6(9)4-5-2-1-3-7-5/h1,3H,2,4H2,(H,8,9). The summed E-state index contributed by atoms with van der Waals surface area (Å²) in [6, 6.07) is 0. The zero-order valence-electron chi connectivity index (χ0n) is 4.87. The minimum absolute atomic E-state index is 0.0764. The van der Waals surface area contributed by atoms with Crippen LogP contribution in [0.15, 0.2) is 17.3 Å². The van der Waals surface area contributed by atoms with E-state index in [0.29, 0.717) is 6.42 Å². The zero-order chi connectivity index (χ0) is 6.69. The Labute approximate surface area is 52.7 Å². The molecule has 0 aromatic carbocycles. The molecule has 0 fully saturated rings. The maximum atomic E-state index is 10.0. The molecule has 3 heteroatoms. The molecule has 1 N–H and O–H groups in total. The molecule has 0 unspecified atom stereocenters. The van der Waals surface area contributed by atoms with E-state index in [0.717, 1.165) is 5.71 Å². The van der Waals surface area contributed by atoms with Gasteiger partial charge in [-0.15, -0.1) is 0 Å². The van der Waals surface area contributed by atoms with Crippen LogP contribution in [-0.4, -0.2) is 16.8 Å². The van der Waals surface area contributed by atoms with E-state index in [-0.39, 0.29) is 6.42 Å². The SMILES string of the molecule is O=C(O)CC1=NC=CC1. The number of carboxylic acid groups (broad SMARTS) is 1. The lowest BCUT2D eigenvalue weighted by atomic mass is 10.2. The summed E-state index contributed by atoms with van der Waals surface area (Å²) >= 11 is 0. The van der Waals surface area contributed by atoms with Gasteiger partial charge in [0.1, 0.15) is 0 Å². The molecule has 0 bridgehead atoms. The summed E-state index contributed by atoms with van der Waals surface area (Å²) in [6.45, 7) is 0. The van der Waals surface area contributed by atoms with Gasteiger partial charge in [0.05, 0.1) is 6.42 Å². The quantitative estimate of drug-likeness (QED) is 0.594. The van der Waals surface area contributed by atoms with Crippen LogP contribution in [0.1, 0.15) is 12.8 Å². The second kappa shape index (κ2) is 2.44. The average Bonchev–Trinajstić information content (AvgIpc) is 2.15. The highest BCUT2D eigenvalue weighted by Gasteiger charge is 2.05. The van der Waals surface area contributed by atoms with E-state index < -0.39 is 5.97 Å². The van der Waals surface area contributed by atoms with Crippen molar-refractivity contribution in [1.29, 1.82) is 0 Å². The van der Waals surface area contributed by atoms with Crippen molar-refractivity contribution in [1.82, 2.24) is 0 Å². The third-order valence-corrected chi connectivity index (χ3v) is 1.07. The van der Waals surface area contributed by atoms with E-state index >= 15 is 0 Å². The zero-order valence-corrected chi connectivity index (χ0v) is 4.87. The molecule has 0 aromatic rings. The lowest BCUT2D eigenvalue weighted by molar-refractivity contribution is -0.135. The van der Waals surface area contributed by atoms with E-state index in [1.165, 1.54) is 0 Å².